The van der Waals surface area contributed by atoms with Gasteiger partial charge >= 0.3 is 0 Å². The highest BCUT2D eigenvalue weighted by Gasteiger charge is 2.13. The predicted molar refractivity (Wildman–Crippen MR) is 87.3 cm³/mol. The Bertz CT molecular complexity index is 564. The van der Waals surface area contributed by atoms with Crippen molar-refractivity contribution in [2.45, 2.75) is 13.0 Å². The fraction of sp³-hybridized carbons (Fsp3) is 0.375. The summed E-state index contributed by atoms with van der Waals surface area (Å²) in [7, 11) is 0. The van der Waals surface area contributed by atoms with E-state index in [0.717, 1.165) is 12.1 Å². The molecule has 4 heteroatoms. The van der Waals surface area contributed by atoms with Crippen molar-refractivity contribution < 1.29 is 4.74 Å². The Morgan fingerprint density at radius 1 is 1.45 bits per heavy atom. The third-order valence-electron chi connectivity index (χ3n) is 3.11. The highest BCUT2D eigenvalue weighted by Crippen LogP contribution is 2.29. The second-order valence-electron chi connectivity index (χ2n) is 4.94. The molecule has 2 aromatic rings. The summed E-state index contributed by atoms with van der Waals surface area (Å²) in [6.07, 6.45) is 0. The Kier molecular flexibility index (Phi) is 5.73. The van der Waals surface area contributed by atoms with Crippen LogP contribution in [0.2, 0.25) is 0 Å². The third kappa shape index (κ3) is 3.90. The van der Waals surface area contributed by atoms with Crippen molar-refractivity contribution in [3.8, 4) is 0 Å². The standard InChI is InChI=1S/C16H22N2OS/c1-12(2)10-19-8-7-18-15(9-17)14-11-20-16-6-4-3-5-13(14)16/h3-6,11,15,18H,1,7-10,17H2,2H3. The smallest absolute Gasteiger partial charge is 0.0672 e. The number of nitrogens with one attached hydrogen (secondary N) is 1. The number of ether oxygens (including phenoxy) is 1. The summed E-state index contributed by atoms with van der Waals surface area (Å²) in [4.78, 5) is 0. The van der Waals surface area contributed by atoms with Crippen LogP contribution in [0.1, 0.15) is 18.5 Å². The number of hydrogen-bond acceptors (Lipinski definition) is 4. The lowest BCUT2D eigenvalue weighted by Gasteiger charge is -2.16. The van der Waals surface area contributed by atoms with E-state index < -0.39 is 0 Å². The monoisotopic (exact) mass is 290 g/mol. The lowest BCUT2D eigenvalue weighted by atomic mass is 10.1. The molecule has 108 valence electrons. The minimum absolute atomic E-state index is 0.180. The van der Waals surface area contributed by atoms with E-state index in [9.17, 15) is 0 Å². The van der Waals surface area contributed by atoms with Crippen LogP contribution in [-0.4, -0.2) is 26.3 Å². The van der Waals surface area contributed by atoms with E-state index in [1.165, 1.54) is 15.6 Å². The second-order valence-corrected chi connectivity index (χ2v) is 5.85. The minimum atomic E-state index is 0.180. The average molecular weight is 290 g/mol. The molecule has 1 unspecified atom stereocenters. The molecule has 20 heavy (non-hydrogen) atoms. The van der Waals surface area contributed by atoms with Crippen molar-refractivity contribution in [1.82, 2.24) is 5.32 Å². The fourth-order valence-electron chi connectivity index (χ4n) is 2.14. The van der Waals surface area contributed by atoms with Gasteiger partial charge in [0, 0.05) is 23.8 Å². The van der Waals surface area contributed by atoms with E-state index >= 15 is 0 Å². The largest absolute Gasteiger partial charge is 0.376 e. The summed E-state index contributed by atoms with van der Waals surface area (Å²) in [6, 6.07) is 8.62. The summed E-state index contributed by atoms with van der Waals surface area (Å²) < 4.78 is 6.80. The Morgan fingerprint density at radius 3 is 3.00 bits per heavy atom. The van der Waals surface area contributed by atoms with Gasteiger partial charge in [0.15, 0.2) is 0 Å². The van der Waals surface area contributed by atoms with Crippen molar-refractivity contribution in [3.63, 3.8) is 0 Å². The van der Waals surface area contributed by atoms with Crippen LogP contribution in [0.4, 0.5) is 0 Å². The Balaban J connectivity index is 1.93. The zero-order chi connectivity index (χ0) is 14.4. The average Bonchev–Trinajstić information content (AvgIpc) is 2.86. The molecular weight excluding hydrogens is 268 g/mol. The van der Waals surface area contributed by atoms with Gasteiger partial charge in [-0.15, -0.1) is 11.3 Å². The Labute approximate surface area is 124 Å². The normalized spacial score (nSPS) is 12.7. The maximum atomic E-state index is 5.91. The zero-order valence-corrected chi connectivity index (χ0v) is 12.7. The van der Waals surface area contributed by atoms with Gasteiger partial charge in [-0.2, -0.15) is 0 Å². The number of thiophene rings is 1. The lowest BCUT2D eigenvalue weighted by Crippen LogP contribution is -2.30. The maximum Gasteiger partial charge on any atom is 0.0672 e. The molecule has 0 aliphatic rings. The number of nitrogens with two attached hydrogens (primary N) is 1. The van der Waals surface area contributed by atoms with Crippen LogP contribution in [0.3, 0.4) is 0 Å². The van der Waals surface area contributed by atoms with Gasteiger partial charge in [0.25, 0.3) is 0 Å². The molecule has 1 aromatic carbocycles. The summed E-state index contributed by atoms with van der Waals surface area (Å²) >= 11 is 1.77. The van der Waals surface area contributed by atoms with Crippen LogP contribution >= 0.6 is 11.3 Å². The molecular formula is C16H22N2OS. The van der Waals surface area contributed by atoms with Crippen molar-refractivity contribution in [2.24, 2.45) is 5.73 Å². The summed E-state index contributed by atoms with van der Waals surface area (Å²) in [5, 5.41) is 6.96. The first kappa shape index (κ1) is 15.2. The van der Waals surface area contributed by atoms with Crippen LogP contribution in [0.5, 0.6) is 0 Å². The van der Waals surface area contributed by atoms with E-state index in [1.807, 2.05) is 6.92 Å². The first-order valence-electron chi connectivity index (χ1n) is 6.84. The SMILES string of the molecule is C=C(C)COCCNC(CN)c1csc2ccccc12. The van der Waals surface area contributed by atoms with E-state index in [1.54, 1.807) is 11.3 Å². The van der Waals surface area contributed by atoms with E-state index in [0.29, 0.717) is 19.8 Å². The topological polar surface area (TPSA) is 47.3 Å². The quantitative estimate of drug-likeness (QED) is 0.580. The molecule has 0 radical (unpaired) electrons. The molecule has 3 nitrogen and oxygen atoms in total. The number of benzene rings is 1. The minimum Gasteiger partial charge on any atom is -0.376 e. The van der Waals surface area contributed by atoms with Crippen molar-refractivity contribution in [1.29, 1.82) is 0 Å². The summed E-state index contributed by atoms with van der Waals surface area (Å²) in [5.41, 5.74) is 8.24. The van der Waals surface area contributed by atoms with E-state index in [4.69, 9.17) is 10.5 Å². The number of hydrogen-bond donors (Lipinski definition) is 2. The van der Waals surface area contributed by atoms with Crippen LogP contribution in [0.25, 0.3) is 10.1 Å². The van der Waals surface area contributed by atoms with Gasteiger partial charge in [-0.1, -0.05) is 30.4 Å². The molecule has 0 bridgehead atoms. The first-order chi connectivity index (χ1) is 9.72. The molecule has 0 aliphatic heterocycles. The lowest BCUT2D eigenvalue weighted by molar-refractivity contribution is 0.155. The van der Waals surface area contributed by atoms with Crippen molar-refractivity contribution >= 4 is 21.4 Å². The van der Waals surface area contributed by atoms with Crippen LogP contribution in [-0.2, 0) is 4.74 Å². The Morgan fingerprint density at radius 2 is 2.25 bits per heavy atom. The molecule has 3 N–H and O–H groups in total. The van der Waals surface area contributed by atoms with Crippen LogP contribution in [0.15, 0.2) is 41.8 Å². The van der Waals surface area contributed by atoms with Gasteiger partial charge in [-0.3, -0.25) is 0 Å². The summed E-state index contributed by atoms with van der Waals surface area (Å²) in [6.45, 7) is 8.45. The molecule has 1 heterocycles. The van der Waals surface area contributed by atoms with Gasteiger partial charge in [-0.25, -0.2) is 0 Å². The van der Waals surface area contributed by atoms with Gasteiger partial charge in [0.1, 0.15) is 0 Å². The predicted octanol–water partition coefficient (Wildman–Crippen LogP) is 3.08. The zero-order valence-electron chi connectivity index (χ0n) is 11.9. The van der Waals surface area contributed by atoms with Gasteiger partial charge in [-0.05, 0) is 29.3 Å². The number of rotatable bonds is 8. The molecule has 0 aliphatic carbocycles. The third-order valence-corrected chi connectivity index (χ3v) is 4.09. The van der Waals surface area contributed by atoms with E-state index in [-0.39, 0.29) is 6.04 Å². The molecule has 1 atom stereocenters. The molecule has 1 aromatic heterocycles. The molecule has 0 amide bonds. The van der Waals surface area contributed by atoms with Gasteiger partial charge in [0.05, 0.1) is 13.2 Å². The second kappa shape index (κ2) is 7.55. The number of fused-ring (bicyclic) bond motifs is 1. The maximum absolute atomic E-state index is 5.91. The Hall–Kier alpha value is -1.20. The molecule has 0 saturated heterocycles. The van der Waals surface area contributed by atoms with Crippen LogP contribution in [0, 0.1) is 0 Å². The highest BCUT2D eigenvalue weighted by molar-refractivity contribution is 7.17. The fourth-order valence-corrected chi connectivity index (χ4v) is 3.16. The molecule has 0 spiro atoms. The molecule has 2 rings (SSSR count). The first-order valence-corrected chi connectivity index (χ1v) is 7.72. The van der Waals surface area contributed by atoms with Gasteiger partial charge < -0.3 is 15.8 Å². The molecule has 0 saturated carbocycles. The van der Waals surface area contributed by atoms with Crippen LogP contribution < -0.4 is 11.1 Å². The van der Waals surface area contributed by atoms with Crippen molar-refractivity contribution in [2.75, 3.05) is 26.3 Å². The van der Waals surface area contributed by atoms with Crippen molar-refractivity contribution in [3.05, 3.63) is 47.4 Å². The van der Waals surface area contributed by atoms with Gasteiger partial charge in [0.2, 0.25) is 0 Å². The summed E-state index contributed by atoms with van der Waals surface area (Å²) in [5.74, 6) is 0. The van der Waals surface area contributed by atoms with E-state index in [2.05, 4.69) is 41.5 Å². The molecule has 0 fully saturated rings. The highest BCUT2D eigenvalue weighted by atomic mass is 32.1.